The molecule has 0 radical (unpaired) electrons. The Morgan fingerprint density at radius 1 is 1.33 bits per heavy atom. The van der Waals surface area contributed by atoms with Gasteiger partial charge in [0.2, 0.25) is 0 Å². The fourth-order valence-electron chi connectivity index (χ4n) is 2.58. The first-order chi connectivity index (χ1) is 10.1. The topological polar surface area (TPSA) is 88.8 Å². The van der Waals surface area contributed by atoms with Crippen LogP contribution in [0.1, 0.15) is 23.4 Å². The molecule has 0 saturated carbocycles. The predicted molar refractivity (Wildman–Crippen MR) is 74.1 cm³/mol. The van der Waals surface area contributed by atoms with Crippen LogP contribution in [-0.2, 0) is 9.53 Å². The normalized spacial score (nSPS) is 21.5. The first-order valence-electron chi connectivity index (χ1n) is 6.69. The number of carbonyl (C=O) groups is 2. The molecule has 3 rings (SSSR count). The Hall–Kier alpha value is -2.34. The summed E-state index contributed by atoms with van der Waals surface area (Å²) in [6.45, 7) is 0.638. The zero-order valence-electron chi connectivity index (χ0n) is 11.3. The number of carboxylic acid groups (broad SMARTS) is 1. The molecule has 0 aliphatic carbocycles. The molecular formula is C15H15NO5. The van der Waals surface area contributed by atoms with Gasteiger partial charge in [0.25, 0.3) is 5.91 Å². The number of benzene rings is 1. The number of fused-ring (bicyclic) bond motifs is 1. The number of carbonyl (C=O) groups excluding carboxylic acids is 1. The fourth-order valence-corrected chi connectivity index (χ4v) is 2.58. The van der Waals surface area contributed by atoms with E-state index in [-0.39, 0.29) is 18.8 Å². The summed E-state index contributed by atoms with van der Waals surface area (Å²) >= 11 is 0. The third-order valence-electron chi connectivity index (χ3n) is 3.62. The third kappa shape index (κ3) is 2.75. The van der Waals surface area contributed by atoms with Gasteiger partial charge in [0.1, 0.15) is 5.58 Å². The minimum Gasteiger partial charge on any atom is -0.481 e. The predicted octanol–water partition coefficient (Wildman–Crippen LogP) is 1.80. The van der Waals surface area contributed by atoms with Gasteiger partial charge in [0, 0.05) is 12.0 Å². The molecule has 0 bridgehead atoms. The highest BCUT2D eigenvalue weighted by atomic mass is 16.5. The number of rotatable bonds is 4. The van der Waals surface area contributed by atoms with Crippen molar-refractivity contribution in [3.05, 3.63) is 36.1 Å². The van der Waals surface area contributed by atoms with Crippen LogP contribution in [0.4, 0.5) is 0 Å². The Labute approximate surface area is 120 Å². The molecule has 1 aliphatic rings. The maximum atomic E-state index is 12.3. The zero-order chi connectivity index (χ0) is 14.9. The van der Waals surface area contributed by atoms with Gasteiger partial charge in [0.15, 0.2) is 5.76 Å². The molecule has 1 aromatic carbocycles. The SMILES string of the molecule is O=C(O)CC1(NC(=O)c2cc3ccccc3o2)CCOC1. The van der Waals surface area contributed by atoms with Crippen LogP contribution in [0.3, 0.4) is 0 Å². The van der Waals surface area contributed by atoms with Crippen LogP contribution in [0, 0.1) is 0 Å². The van der Waals surface area contributed by atoms with Gasteiger partial charge in [-0.3, -0.25) is 9.59 Å². The van der Waals surface area contributed by atoms with Crippen molar-refractivity contribution >= 4 is 22.8 Å². The van der Waals surface area contributed by atoms with E-state index in [2.05, 4.69) is 5.32 Å². The quantitative estimate of drug-likeness (QED) is 0.896. The average molecular weight is 289 g/mol. The summed E-state index contributed by atoms with van der Waals surface area (Å²) in [5, 5.41) is 12.6. The van der Waals surface area contributed by atoms with Gasteiger partial charge in [-0.1, -0.05) is 18.2 Å². The van der Waals surface area contributed by atoms with Crippen LogP contribution in [0.5, 0.6) is 0 Å². The number of ether oxygens (including phenoxy) is 1. The van der Waals surface area contributed by atoms with Crippen molar-refractivity contribution in [3.63, 3.8) is 0 Å². The molecule has 0 spiro atoms. The lowest BCUT2D eigenvalue weighted by molar-refractivity contribution is -0.138. The van der Waals surface area contributed by atoms with Gasteiger partial charge in [-0.2, -0.15) is 0 Å². The van der Waals surface area contributed by atoms with Gasteiger partial charge in [-0.25, -0.2) is 0 Å². The second-order valence-corrected chi connectivity index (χ2v) is 5.26. The Bertz CT molecular complexity index is 651. The van der Waals surface area contributed by atoms with E-state index >= 15 is 0 Å². The summed E-state index contributed by atoms with van der Waals surface area (Å²) in [6.07, 6.45) is 0.310. The van der Waals surface area contributed by atoms with Crippen LogP contribution in [0.2, 0.25) is 0 Å². The highest BCUT2D eigenvalue weighted by molar-refractivity contribution is 5.96. The van der Waals surface area contributed by atoms with Crippen LogP contribution in [-0.4, -0.2) is 35.7 Å². The summed E-state index contributed by atoms with van der Waals surface area (Å²) in [6, 6.07) is 8.95. The van der Waals surface area contributed by atoms with Gasteiger partial charge in [0.05, 0.1) is 18.6 Å². The van der Waals surface area contributed by atoms with Gasteiger partial charge < -0.3 is 19.6 Å². The van der Waals surface area contributed by atoms with E-state index in [1.54, 1.807) is 12.1 Å². The molecule has 1 aliphatic heterocycles. The summed E-state index contributed by atoms with van der Waals surface area (Å²) in [4.78, 5) is 23.3. The number of carboxylic acids is 1. The van der Waals surface area contributed by atoms with E-state index in [1.807, 2.05) is 18.2 Å². The lowest BCUT2D eigenvalue weighted by atomic mass is 9.94. The van der Waals surface area contributed by atoms with Crippen molar-refractivity contribution in [2.75, 3.05) is 13.2 Å². The molecule has 110 valence electrons. The lowest BCUT2D eigenvalue weighted by Crippen LogP contribution is -2.50. The number of para-hydroxylation sites is 1. The molecule has 1 unspecified atom stereocenters. The van der Waals surface area contributed by atoms with E-state index in [9.17, 15) is 9.59 Å². The second kappa shape index (κ2) is 5.21. The number of hydrogen-bond donors (Lipinski definition) is 2. The zero-order valence-corrected chi connectivity index (χ0v) is 11.3. The molecule has 1 fully saturated rings. The Kier molecular flexibility index (Phi) is 3.39. The molecule has 6 heteroatoms. The van der Waals surface area contributed by atoms with E-state index in [0.29, 0.717) is 18.6 Å². The van der Waals surface area contributed by atoms with Crippen LogP contribution in [0.15, 0.2) is 34.7 Å². The van der Waals surface area contributed by atoms with E-state index < -0.39 is 17.4 Å². The number of amides is 1. The minimum atomic E-state index is -0.967. The van der Waals surface area contributed by atoms with E-state index in [4.69, 9.17) is 14.3 Å². The highest BCUT2D eigenvalue weighted by Crippen LogP contribution is 2.25. The number of nitrogens with one attached hydrogen (secondary N) is 1. The van der Waals surface area contributed by atoms with Crippen molar-refractivity contribution in [2.45, 2.75) is 18.4 Å². The minimum absolute atomic E-state index is 0.168. The Morgan fingerprint density at radius 3 is 2.81 bits per heavy atom. The monoisotopic (exact) mass is 289 g/mol. The van der Waals surface area contributed by atoms with Crippen molar-refractivity contribution in [1.82, 2.24) is 5.32 Å². The summed E-state index contributed by atoms with van der Waals surface area (Å²) in [5.74, 6) is -1.21. The van der Waals surface area contributed by atoms with Gasteiger partial charge >= 0.3 is 5.97 Å². The van der Waals surface area contributed by atoms with Crippen LogP contribution in [0.25, 0.3) is 11.0 Å². The van der Waals surface area contributed by atoms with Crippen molar-refractivity contribution in [1.29, 1.82) is 0 Å². The molecule has 6 nitrogen and oxygen atoms in total. The molecule has 1 atom stereocenters. The molecule has 1 amide bonds. The fraction of sp³-hybridized carbons (Fsp3) is 0.333. The largest absolute Gasteiger partial charge is 0.481 e. The summed E-state index contributed by atoms with van der Waals surface area (Å²) in [5.41, 5.74) is -0.236. The van der Waals surface area contributed by atoms with E-state index in [0.717, 1.165) is 5.39 Å². The first kappa shape index (κ1) is 13.6. The first-order valence-corrected chi connectivity index (χ1v) is 6.69. The summed E-state index contributed by atoms with van der Waals surface area (Å²) in [7, 11) is 0. The standard InChI is InChI=1S/C15H15NO5/c17-13(18)8-15(5-6-20-9-15)16-14(19)12-7-10-3-1-2-4-11(10)21-12/h1-4,7H,5-6,8-9H2,(H,16,19)(H,17,18). The molecular weight excluding hydrogens is 274 g/mol. The highest BCUT2D eigenvalue weighted by Gasteiger charge is 2.39. The smallest absolute Gasteiger partial charge is 0.305 e. The summed E-state index contributed by atoms with van der Waals surface area (Å²) < 4.78 is 10.7. The molecule has 21 heavy (non-hydrogen) atoms. The van der Waals surface area contributed by atoms with Crippen molar-refractivity contribution in [3.8, 4) is 0 Å². The molecule has 2 N–H and O–H groups in total. The molecule has 1 saturated heterocycles. The van der Waals surface area contributed by atoms with Crippen LogP contribution >= 0.6 is 0 Å². The maximum absolute atomic E-state index is 12.3. The van der Waals surface area contributed by atoms with Crippen LogP contribution < -0.4 is 5.32 Å². The number of hydrogen-bond acceptors (Lipinski definition) is 4. The molecule has 2 aromatic rings. The maximum Gasteiger partial charge on any atom is 0.305 e. The molecule has 2 heterocycles. The molecule has 1 aromatic heterocycles. The Morgan fingerprint density at radius 2 is 2.14 bits per heavy atom. The Balaban J connectivity index is 1.82. The van der Waals surface area contributed by atoms with Crippen molar-refractivity contribution in [2.24, 2.45) is 0 Å². The van der Waals surface area contributed by atoms with Gasteiger partial charge in [-0.05, 0) is 18.6 Å². The average Bonchev–Trinajstić information content (AvgIpc) is 3.04. The van der Waals surface area contributed by atoms with E-state index in [1.165, 1.54) is 0 Å². The van der Waals surface area contributed by atoms with Gasteiger partial charge in [-0.15, -0.1) is 0 Å². The van der Waals surface area contributed by atoms with Crippen molar-refractivity contribution < 1.29 is 23.8 Å². The number of furan rings is 1. The third-order valence-corrected chi connectivity index (χ3v) is 3.62. The second-order valence-electron chi connectivity index (χ2n) is 5.26. The number of aliphatic carboxylic acids is 1. The lowest BCUT2D eigenvalue weighted by Gasteiger charge is -2.26.